The van der Waals surface area contributed by atoms with Gasteiger partial charge in [0, 0.05) is 0 Å². The van der Waals surface area contributed by atoms with Crippen LogP contribution in [0.5, 0.6) is 0 Å². The fourth-order valence-electron chi connectivity index (χ4n) is 0.564. The molecule has 0 aromatic rings. The molecule has 0 spiro atoms. The first-order valence-corrected chi connectivity index (χ1v) is 259. The standard InChI is InChI=1S/BI41/c1-23(2)25(5)27(7)29(9)31(11)33(13)35(15)37(17)39(19)41(21)42(22)40(20)38(18)36(16)34(14)32(12)30(10)28(8)26(6)24(3)4. The molecule has 0 aliphatic carbocycles. The van der Waals surface area contributed by atoms with Gasteiger partial charge in [-0.15, -0.1) is 0 Å². The third-order valence-electron chi connectivity index (χ3n) is 1.57. The molecule has 0 aliphatic heterocycles. The molecule has 42 heteroatoms. The van der Waals surface area contributed by atoms with Crippen LogP contribution in [0, 0.1) is 0 Å². The van der Waals surface area contributed by atoms with Crippen molar-refractivity contribution in [1.82, 2.24) is 0 Å². The number of halogens is 41. The van der Waals surface area contributed by atoms with Crippen LogP contribution in [0.4, 0.5) is 0 Å². The maximum atomic E-state index is 6.63. The first kappa shape index (κ1) is 72.0. The monoisotopic (exact) mass is 5210 g/mol. The Labute approximate surface area is 525 Å². The van der Waals surface area contributed by atoms with Crippen LogP contribution >= 0.6 is 553 Å². The van der Waals surface area contributed by atoms with Gasteiger partial charge < -0.3 is 0 Å². The summed E-state index contributed by atoms with van der Waals surface area (Å²) in [6.45, 7) is 0. The van der Waals surface area contributed by atoms with Gasteiger partial charge in [0.15, 0.2) is 0 Å². The molecule has 0 heterocycles. The van der Waals surface area contributed by atoms with Crippen LogP contribution < -0.4 is 0 Å². The molecule has 290 valence electrons. The molecular formula is BI41. The van der Waals surface area contributed by atoms with Gasteiger partial charge in [-0.3, -0.25) is 0 Å². The molecule has 2 radical (unpaired) electrons. The first-order chi connectivity index (χ1) is 19.0. The fraction of sp³-hybridized carbons (Fsp3) is 0. The van der Waals surface area contributed by atoms with E-state index >= 15 is 0 Å². The summed E-state index contributed by atoms with van der Waals surface area (Å²) < 4.78 is 0. The van der Waals surface area contributed by atoms with Crippen LogP contribution in [-0.4, -0.2) is 5.70 Å². The van der Waals surface area contributed by atoms with E-state index in [-0.39, 0.29) is 0 Å². The second-order valence-electron chi connectivity index (χ2n) is 3.30. The summed E-state index contributed by atoms with van der Waals surface area (Å²) in [6, 6.07) is 0. The van der Waals surface area contributed by atoms with E-state index in [1.807, 2.05) is 0 Å². The quantitative estimate of drug-likeness (QED) is 0.0893. The molecule has 0 saturated heterocycles. The summed E-state index contributed by atoms with van der Waals surface area (Å²) in [7, 11) is -10.4. The van der Waals surface area contributed by atoms with Gasteiger partial charge in [-0.2, -0.15) is 0 Å². The summed E-state index contributed by atoms with van der Waals surface area (Å²) in [5.74, 6) is 0. The molecule has 0 rings (SSSR count). The number of hydrogen-bond acceptors (Lipinski definition) is 0. The van der Waals surface area contributed by atoms with Gasteiger partial charge in [0.1, 0.15) is 0 Å². The van der Waals surface area contributed by atoms with Crippen molar-refractivity contribution in [3.05, 3.63) is 0 Å². The summed E-state index contributed by atoms with van der Waals surface area (Å²) in [5, 5.41) is 0. The molecule has 0 unspecified atom stereocenters. The van der Waals surface area contributed by atoms with E-state index in [0.29, 0.717) is 0 Å². The molecule has 0 amide bonds. The van der Waals surface area contributed by atoms with E-state index in [2.05, 4.69) is 391 Å². The van der Waals surface area contributed by atoms with Crippen molar-refractivity contribution in [3.63, 3.8) is 0 Å². The zero-order valence-electron chi connectivity index (χ0n) is 16.1. The van der Waals surface area contributed by atoms with E-state index in [0.717, 1.165) is 0 Å². The van der Waals surface area contributed by atoms with Gasteiger partial charge >= 0.3 is 558 Å². The van der Waals surface area contributed by atoms with Crippen LogP contribution in [0.1, 0.15) is 0 Å². The summed E-state index contributed by atoms with van der Waals surface area (Å²) in [5.41, 5.74) is 6.63. The third-order valence-corrected chi connectivity index (χ3v) is 3080. The van der Waals surface area contributed by atoms with Crippen molar-refractivity contribution in [2.75, 3.05) is 0 Å². The predicted molar refractivity (Wildman–Crippen MR) is 581 cm³/mol. The minimum absolute atomic E-state index is 0.458. The SMILES string of the molecule is [B]I(I)I(I)I(I)I(I)I(I)I(I)I(I)I(I)I(I)I(I)I(I)I(I)I(I)I(I)I(I)I(I)I(I)I(I)I(I)I(I)I. The maximum absolute atomic E-state index is 6.63. The van der Waals surface area contributed by atoms with E-state index < -0.39 is 162 Å². The normalized spacial score (nSPS) is 18.7. The molecule has 0 bridgehead atoms. The summed E-state index contributed by atoms with van der Waals surface area (Å²) >= 11 is 66.4. The van der Waals surface area contributed by atoms with Crippen molar-refractivity contribution in [3.8, 4) is 0 Å². The van der Waals surface area contributed by atoms with Gasteiger partial charge in [-0.05, 0) is 0 Å². The van der Waals surface area contributed by atoms with Crippen molar-refractivity contribution >= 4 is 558 Å². The van der Waals surface area contributed by atoms with E-state index in [1.165, 1.54) is 0 Å². The molecule has 0 saturated carbocycles. The van der Waals surface area contributed by atoms with Crippen molar-refractivity contribution in [2.24, 2.45) is 0 Å². The minimum atomic E-state index is -0.966. The Hall–Kier alpha value is 30.0. The Kier molecular flexibility index (Phi) is 73.6. The molecule has 0 fully saturated rings. The van der Waals surface area contributed by atoms with E-state index in [9.17, 15) is 0 Å². The molecule has 0 aromatic carbocycles. The van der Waals surface area contributed by atoms with Crippen LogP contribution in [0.15, 0.2) is 0 Å². The Bertz CT molecular complexity index is 652. The first-order valence-electron chi connectivity index (χ1n) is 5.93. The molecular weight excluding hydrogens is 5210 g/mol. The topological polar surface area (TPSA) is 0 Å². The molecule has 0 aromatic heterocycles. The molecule has 0 aliphatic rings. The Balaban J connectivity index is 5.44. The zero-order valence-corrected chi connectivity index (χ0v) is 105. The van der Waals surface area contributed by atoms with E-state index in [4.69, 9.17) is 5.70 Å². The Morgan fingerprint density at radius 3 is 0.429 bits per heavy atom. The van der Waals surface area contributed by atoms with Crippen molar-refractivity contribution < 1.29 is 0 Å². The molecule has 0 nitrogen and oxygen atoms in total. The van der Waals surface area contributed by atoms with Gasteiger partial charge in [0.25, 0.3) is 0 Å². The van der Waals surface area contributed by atoms with Crippen LogP contribution in [0.2, 0.25) is 0 Å². The van der Waals surface area contributed by atoms with Gasteiger partial charge in [-0.1, -0.05) is 0 Å². The second kappa shape index (κ2) is 42.9. The van der Waals surface area contributed by atoms with Crippen molar-refractivity contribution in [1.29, 1.82) is 0 Å². The third kappa shape index (κ3) is 29.7. The average Bonchev–Trinajstić information content (AvgIpc) is 2.97. The summed E-state index contributed by atoms with van der Waals surface area (Å²) in [4.78, 5) is 0. The molecule has 42 heavy (non-hydrogen) atoms. The Morgan fingerprint density at radius 2 is 0.310 bits per heavy atom. The molecule has 0 N–H and O–H groups in total. The number of rotatable bonds is 19. The average molecular weight is 5210 g/mol. The van der Waals surface area contributed by atoms with Crippen LogP contribution in [-0.2, 0) is 0 Å². The zero-order chi connectivity index (χ0) is 33.5. The van der Waals surface area contributed by atoms with Gasteiger partial charge in [-0.25, -0.2) is 0 Å². The fourth-order valence-corrected chi connectivity index (χ4v) is 7380. The Morgan fingerprint density at radius 1 is 0.190 bits per heavy atom. The second-order valence-corrected chi connectivity index (χ2v) is 953. The molecule has 0 atom stereocenters. The van der Waals surface area contributed by atoms with E-state index in [1.54, 1.807) is 0 Å². The van der Waals surface area contributed by atoms with Gasteiger partial charge in [0.2, 0.25) is 0 Å². The van der Waals surface area contributed by atoms with Gasteiger partial charge in [0.05, 0.1) is 0 Å². The number of hydrogen-bond donors (Lipinski definition) is 0. The summed E-state index contributed by atoms with van der Waals surface area (Å²) in [6.07, 6.45) is 0. The van der Waals surface area contributed by atoms with Crippen LogP contribution in [0.25, 0.3) is 0 Å². The van der Waals surface area contributed by atoms with Crippen LogP contribution in [0.3, 0.4) is 0 Å². The predicted octanol–water partition coefficient (Wildman–Crippen LogP) is 35.9. The van der Waals surface area contributed by atoms with Crippen molar-refractivity contribution in [2.45, 2.75) is 0 Å².